The fraction of sp³-hybridized carbons (Fsp3) is 0.200. The van der Waals surface area contributed by atoms with Crippen LogP contribution in [0.2, 0.25) is 0 Å². The molecule has 0 radical (unpaired) electrons. The summed E-state index contributed by atoms with van der Waals surface area (Å²) in [7, 11) is 1.86. The molecule has 0 saturated carbocycles. The van der Waals surface area contributed by atoms with Gasteiger partial charge in [0, 0.05) is 31.0 Å². The predicted octanol–water partition coefficient (Wildman–Crippen LogP) is 5.27. The van der Waals surface area contributed by atoms with Crippen molar-refractivity contribution in [3.05, 3.63) is 77.2 Å². The predicted molar refractivity (Wildman–Crippen MR) is 109 cm³/mol. The molecule has 0 bridgehead atoms. The Morgan fingerprint density at radius 1 is 1.08 bits per heavy atom. The van der Waals surface area contributed by atoms with E-state index in [1.807, 2.05) is 49.7 Å². The van der Waals surface area contributed by atoms with Gasteiger partial charge in [-0.1, -0.05) is 24.3 Å². The van der Waals surface area contributed by atoms with E-state index in [0.717, 1.165) is 29.6 Å². The largest absolute Gasteiger partial charge is 0.387 e. The van der Waals surface area contributed by atoms with Gasteiger partial charge in [-0.05, 0) is 42.2 Å². The maximum Gasteiger partial charge on any atom is 0.149 e. The van der Waals surface area contributed by atoms with Gasteiger partial charge in [-0.15, -0.1) is 11.8 Å². The molecule has 2 rings (SSSR count). The van der Waals surface area contributed by atoms with E-state index >= 15 is 0 Å². The lowest BCUT2D eigenvalue weighted by molar-refractivity contribution is 0.585. The molecule has 0 spiro atoms. The minimum atomic E-state index is -0.593. The number of hydrogen-bond acceptors (Lipinski definition) is 4. The molecule has 0 fully saturated rings. The molecule has 0 unspecified atom stereocenters. The second-order valence-electron chi connectivity index (χ2n) is 5.42. The van der Waals surface area contributed by atoms with Gasteiger partial charge in [0.15, 0.2) is 0 Å². The molecule has 138 valence electrons. The van der Waals surface area contributed by atoms with E-state index in [2.05, 4.69) is 22.0 Å². The van der Waals surface area contributed by atoms with Crippen LogP contribution in [0.25, 0.3) is 5.70 Å². The van der Waals surface area contributed by atoms with Gasteiger partial charge < -0.3 is 16.0 Å². The summed E-state index contributed by atoms with van der Waals surface area (Å²) in [5.74, 6) is -0.706. The molecule has 6 heteroatoms. The zero-order chi connectivity index (χ0) is 18.8. The first-order chi connectivity index (χ1) is 12.6. The Bertz CT molecular complexity index is 758. The topological polar surface area (TPSA) is 36.1 Å². The standard InChI is InChI=1S/C20H23F2N3S/c1-3-4-11-24-17-8-5-15(6-9-17)20(23-2)13-26-14-25-19-10-7-16(21)12-18(19)22/h3-10,12-13,23-25H,11,14H2,1-2H3/b4-3+,20-13-. The molecule has 26 heavy (non-hydrogen) atoms. The minimum absolute atomic E-state index is 0.287. The van der Waals surface area contributed by atoms with Crippen molar-refractivity contribution in [2.24, 2.45) is 0 Å². The minimum Gasteiger partial charge on any atom is -0.387 e. The van der Waals surface area contributed by atoms with Gasteiger partial charge in [-0.25, -0.2) is 8.78 Å². The Balaban J connectivity index is 1.90. The number of halogens is 2. The van der Waals surface area contributed by atoms with Crippen molar-refractivity contribution in [1.82, 2.24) is 5.32 Å². The van der Waals surface area contributed by atoms with Crippen LogP contribution in [0.4, 0.5) is 20.2 Å². The molecule has 0 heterocycles. The van der Waals surface area contributed by atoms with Crippen molar-refractivity contribution in [3.63, 3.8) is 0 Å². The van der Waals surface area contributed by atoms with Crippen molar-refractivity contribution in [3.8, 4) is 0 Å². The molecule has 0 atom stereocenters. The van der Waals surface area contributed by atoms with Crippen molar-refractivity contribution in [2.75, 3.05) is 30.1 Å². The molecule has 2 aromatic carbocycles. The first-order valence-corrected chi connectivity index (χ1v) is 9.33. The molecular formula is C20H23F2N3S. The third-order valence-electron chi connectivity index (χ3n) is 3.60. The summed E-state index contributed by atoms with van der Waals surface area (Å²) in [6.07, 6.45) is 4.06. The van der Waals surface area contributed by atoms with Crippen molar-refractivity contribution in [1.29, 1.82) is 0 Å². The molecule has 0 aliphatic heterocycles. The Morgan fingerprint density at radius 2 is 1.85 bits per heavy atom. The van der Waals surface area contributed by atoms with Crippen LogP contribution >= 0.6 is 11.8 Å². The smallest absolute Gasteiger partial charge is 0.149 e. The molecule has 0 amide bonds. The van der Waals surface area contributed by atoms with Crippen LogP contribution in [0, 0.1) is 11.6 Å². The summed E-state index contributed by atoms with van der Waals surface area (Å²) in [4.78, 5) is 0. The summed E-state index contributed by atoms with van der Waals surface area (Å²) >= 11 is 1.49. The Morgan fingerprint density at radius 3 is 2.50 bits per heavy atom. The summed E-state index contributed by atoms with van der Waals surface area (Å²) in [6.45, 7) is 2.79. The average Bonchev–Trinajstić information content (AvgIpc) is 2.64. The van der Waals surface area contributed by atoms with E-state index in [1.165, 1.54) is 23.9 Å². The second kappa shape index (κ2) is 10.5. The molecule has 0 aliphatic rings. The van der Waals surface area contributed by atoms with E-state index in [4.69, 9.17) is 0 Å². The molecule has 3 nitrogen and oxygen atoms in total. The highest BCUT2D eigenvalue weighted by molar-refractivity contribution is 8.02. The van der Waals surface area contributed by atoms with Gasteiger partial charge in [0.25, 0.3) is 0 Å². The summed E-state index contributed by atoms with van der Waals surface area (Å²) < 4.78 is 26.5. The molecule has 0 aliphatic carbocycles. The van der Waals surface area contributed by atoms with Crippen molar-refractivity contribution in [2.45, 2.75) is 6.92 Å². The highest BCUT2D eigenvalue weighted by Gasteiger charge is 2.03. The highest BCUT2D eigenvalue weighted by Crippen LogP contribution is 2.20. The number of allylic oxidation sites excluding steroid dienone is 1. The third kappa shape index (κ3) is 6.11. The summed E-state index contributed by atoms with van der Waals surface area (Å²) in [5.41, 5.74) is 3.37. The fourth-order valence-corrected chi connectivity index (χ4v) is 2.95. The van der Waals surface area contributed by atoms with Crippen LogP contribution in [0.3, 0.4) is 0 Å². The van der Waals surface area contributed by atoms with Crippen LogP contribution < -0.4 is 16.0 Å². The number of anilines is 2. The van der Waals surface area contributed by atoms with Crippen LogP contribution in [-0.2, 0) is 0 Å². The SMILES string of the molecule is C/C=C/CNc1ccc(/C(=C/SCNc2ccc(F)cc2F)NC)cc1. The number of thioether (sulfide) groups is 1. The van der Waals surface area contributed by atoms with Gasteiger partial charge in [-0.2, -0.15) is 0 Å². The molecule has 2 aromatic rings. The molecule has 0 aromatic heterocycles. The highest BCUT2D eigenvalue weighted by atomic mass is 32.2. The maximum atomic E-state index is 13.6. The second-order valence-corrected chi connectivity index (χ2v) is 6.28. The van der Waals surface area contributed by atoms with Crippen LogP contribution in [0.15, 0.2) is 60.0 Å². The van der Waals surface area contributed by atoms with Crippen LogP contribution in [0.5, 0.6) is 0 Å². The normalized spacial score (nSPS) is 11.6. The average molecular weight is 375 g/mol. The van der Waals surface area contributed by atoms with Gasteiger partial charge in [0.1, 0.15) is 11.6 Å². The Hall–Kier alpha value is -2.47. The van der Waals surface area contributed by atoms with Gasteiger partial charge in [0.2, 0.25) is 0 Å². The quantitative estimate of drug-likeness (QED) is 0.317. The number of benzene rings is 2. The zero-order valence-corrected chi connectivity index (χ0v) is 15.7. The van der Waals surface area contributed by atoms with Gasteiger partial charge in [0.05, 0.1) is 11.6 Å². The molecule has 0 saturated heterocycles. The number of hydrogen-bond donors (Lipinski definition) is 3. The van der Waals surface area contributed by atoms with E-state index in [1.54, 1.807) is 0 Å². The van der Waals surface area contributed by atoms with Crippen LogP contribution in [0.1, 0.15) is 12.5 Å². The lowest BCUT2D eigenvalue weighted by Crippen LogP contribution is -2.05. The van der Waals surface area contributed by atoms with E-state index < -0.39 is 11.6 Å². The Kier molecular flexibility index (Phi) is 8.02. The summed E-state index contributed by atoms with van der Waals surface area (Å²) in [5, 5.41) is 11.4. The van der Waals surface area contributed by atoms with E-state index in [0.29, 0.717) is 5.88 Å². The Labute approximate surface area is 157 Å². The number of rotatable bonds is 9. The monoisotopic (exact) mass is 375 g/mol. The zero-order valence-electron chi connectivity index (χ0n) is 14.9. The van der Waals surface area contributed by atoms with Gasteiger partial charge >= 0.3 is 0 Å². The van der Waals surface area contributed by atoms with E-state index in [9.17, 15) is 8.78 Å². The summed E-state index contributed by atoms with van der Waals surface area (Å²) in [6, 6.07) is 11.6. The third-order valence-corrected chi connectivity index (χ3v) is 4.32. The maximum absolute atomic E-state index is 13.6. The first kappa shape index (κ1) is 19.8. The lowest BCUT2D eigenvalue weighted by Gasteiger charge is -2.10. The molecule has 3 N–H and O–H groups in total. The number of nitrogens with one attached hydrogen (secondary N) is 3. The molecular weight excluding hydrogens is 352 g/mol. The van der Waals surface area contributed by atoms with E-state index in [-0.39, 0.29) is 5.69 Å². The van der Waals surface area contributed by atoms with Gasteiger partial charge in [-0.3, -0.25) is 0 Å². The lowest BCUT2D eigenvalue weighted by atomic mass is 10.1. The van der Waals surface area contributed by atoms with Crippen molar-refractivity contribution < 1.29 is 8.78 Å². The first-order valence-electron chi connectivity index (χ1n) is 8.28. The fourth-order valence-electron chi connectivity index (χ4n) is 2.21. The van der Waals surface area contributed by atoms with Crippen molar-refractivity contribution >= 4 is 28.8 Å². The van der Waals surface area contributed by atoms with Crippen LogP contribution in [-0.4, -0.2) is 19.5 Å².